The lowest BCUT2D eigenvalue weighted by atomic mass is 9.90. The van der Waals surface area contributed by atoms with Gasteiger partial charge in [-0.05, 0) is 34.7 Å². The summed E-state index contributed by atoms with van der Waals surface area (Å²) in [6.07, 6.45) is 10.3. The third kappa shape index (κ3) is 2.51. The molecule has 3 rings (SSSR count). The Bertz CT molecular complexity index is 534. The van der Waals surface area contributed by atoms with E-state index in [0.29, 0.717) is 5.92 Å². The topological polar surface area (TPSA) is 39.4 Å². The highest BCUT2D eigenvalue weighted by Gasteiger charge is 2.15. The molecular formula is C13H16BrN3O. The van der Waals surface area contributed by atoms with E-state index in [1.165, 1.54) is 32.1 Å². The minimum atomic E-state index is 0.708. The summed E-state index contributed by atoms with van der Waals surface area (Å²) in [5, 5.41) is 7.90. The Morgan fingerprint density at radius 1 is 1.33 bits per heavy atom. The number of rotatable bonds is 3. The van der Waals surface area contributed by atoms with Crippen LogP contribution >= 0.6 is 15.9 Å². The summed E-state index contributed by atoms with van der Waals surface area (Å²) in [5.41, 5.74) is 0.817. The van der Waals surface area contributed by atoms with Crippen molar-refractivity contribution in [2.24, 2.45) is 5.92 Å². The molecule has 0 spiro atoms. The van der Waals surface area contributed by atoms with E-state index in [4.69, 9.17) is 4.74 Å². The van der Waals surface area contributed by atoms with Crippen molar-refractivity contribution in [3.05, 3.63) is 23.1 Å². The van der Waals surface area contributed by atoms with Crippen LogP contribution in [0.1, 0.15) is 32.1 Å². The van der Waals surface area contributed by atoms with Crippen LogP contribution in [-0.2, 0) is 0 Å². The van der Waals surface area contributed by atoms with Gasteiger partial charge in [0.2, 0.25) is 0 Å². The van der Waals surface area contributed by atoms with Gasteiger partial charge < -0.3 is 4.74 Å². The molecule has 5 heteroatoms. The maximum Gasteiger partial charge on any atom is 0.164 e. The summed E-state index contributed by atoms with van der Waals surface area (Å²) in [4.78, 5) is 0. The van der Waals surface area contributed by atoms with Gasteiger partial charge in [0.15, 0.2) is 5.65 Å². The maximum absolute atomic E-state index is 5.93. The van der Waals surface area contributed by atoms with Gasteiger partial charge in [0.25, 0.3) is 0 Å². The molecule has 1 aliphatic carbocycles. The zero-order valence-electron chi connectivity index (χ0n) is 10.2. The van der Waals surface area contributed by atoms with Crippen LogP contribution in [0.5, 0.6) is 5.75 Å². The molecule has 0 aromatic carbocycles. The Morgan fingerprint density at radius 3 is 3.00 bits per heavy atom. The van der Waals surface area contributed by atoms with Gasteiger partial charge in [-0.3, -0.25) is 4.40 Å². The van der Waals surface area contributed by atoms with Crippen molar-refractivity contribution >= 4 is 21.6 Å². The molecule has 0 N–H and O–H groups in total. The van der Waals surface area contributed by atoms with Gasteiger partial charge in [-0.2, -0.15) is 0 Å². The van der Waals surface area contributed by atoms with E-state index < -0.39 is 0 Å². The van der Waals surface area contributed by atoms with Crippen LogP contribution in [-0.4, -0.2) is 21.2 Å². The average Bonchev–Trinajstić information content (AvgIpc) is 2.84. The van der Waals surface area contributed by atoms with E-state index in [0.717, 1.165) is 22.5 Å². The van der Waals surface area contributed by atoms with Crippen molar-refractivity contribution in [3.63, 3.8) is 0 Å². The Labute approximate surface area is 114 Å². The number of hydrogen-bond acceptors (Lipinski definition) is 3. The fourth-order valence-corrected chi connectivity index (χ4v) is 2.95. The van der Waals surface area contributed by atoms with Crippen LogP contribution in [0.25, 0.3) is 5.65 Å². The smallest absolute Gasteiger partial charge is 0.164 e. The van der Waals surface area contributed by atoms with Crippen molar-refractivity contribution in [1.29, 1.82) is 0 Å². The minimum Gasteiger partial charge on any atom is -0.492 e. The van der Waals surface area contributed by atoms with Gasteiger partial charge in [0, 0.05) is 12.3 Å². The van der Waals surface area contributed by atoms with E-state index in [9.17, 15) is 0 Å². The lowest BCUT2D eigenvalue weighted by Crippen LogP contribution is -2.15. The normalized spacial score (nSPS) is 17.2. The van der Waals surface area contributed by atoms with E-state index in [1.807, 2.05) is 16.7 Å². The number of hydrogen-bond donors (Lipinski definition) is 0. The van der Waals surface area contributed by atoms with Gasteiger partial charge in [-0.15, -0.1) is 10.2 Å². The summed E-state index contributed by atoms with van der Waals surface area (Å²) >= 11 is 3.53. The fraction of sp³-hybridized carbons (Fsp3) is 0.538. The molecule has 4 nitrogen and oxygen atoms in total. The first kappa shape index (κ1) is 12.0. The SMILES string of the molecule is Brc1cn2cnnc2cc1OCC1CCCCC1. The maximum atomic E-state index is 5.93. The van der Waals surface area contributed by atoms with E-state index in [-0.39, 0.29) is 0 Å². The van der Waals surface area contributed by atoms with Gasteiger partial charge in [-0.25, -0.2) is 0 Å². The van der Waals surface area contributed by atoms with Crippen LogP contribution < -0.4 is 4.74 Å². The lowest BCUT2D eigenvalue weighted by molar-refractivity contribution is 0.208. The van der Waals surface area contributed by atoms with Crippen molar-refractivity contribution in [2.75, 3.05) is 6.61 Å². The molecule has 0 saturated heterocycles. The molecule has 0 bridgehead atoms. The third-order valence-corrected chi connectivity index (χ3v) is 4.14. The number of pyridine rings is 1. The van der Waals surface area contributed by atoms with Gasteiger partial charge in [0.1, 0.15) is 12.1 Å². The van der Waals surface area contributed by atoms with Crippen molar-refractivity contribution in [1.82, 2.24) is 14.6 Å². The first-order chi connectivity index (χ1) is 8.83. The number of ether oxygens (including phenoxy) is 1. The van der Waals surface area contributed by atoms with Crippen LogP contribution in [0, 0.1) is 5.92 Å². The molecule has 1 saturated carbocycles. The highest BCUT2D eigenvalue weighted by Crippen LogP contribution is 2.29. The summed E-state index contributed by atoms with van der Waals surface area (Å²) in [6, 6.07) is 1.93. The van der Waals surface area contributed by atoms with Crippen LogP contribution in [0.3, 0.4) is 0 Å². The first-order valence-corrected chi connectivity index (χ1v) is 7.24. The molecule has 2 heterocycles. The molecule has 0 atom stereocenters. The number of nitrogens with zero attached hydrogens (tertiary/aromatic N) is 3. The summed E-state index contributed by atoms with van der Waals surface area (Å²) < 4.78 is 8.75. The molecule has 0 aliphatic heterocycles. The zero-order chi connectivity index (χ0) is 12.4. The lowest BCUT2D eigenvalue weighted by Gasteiger charge is -2.21. The van der Waals surface area contributed by atoms with E-state index in [1.54, 1.807) is 6.33 Å². The summed E-state index contributed by atoms with van der Waals surface area (Å²) in [7, 11) is 0. The molecule has 2 aromatic rings. The zero-order valence-corrected chi connectivity index (χ0v) is 11.8. The molecule has 0 unspecified atom stereocenters. The Morgan fingerprint density at radius 2 is 2.17 bits per heavy atom. The Hall–Kier alpha value is -1.10. The van der Waals surface area contributed by atoms with Crippen LogP contribution in [0.2, 0.25) is 0 Å². The number of halogens is 1. The number of aromatic nitrogens is 3. The second kappa shape index (κ2) is 5.26. The van der Waals surface area contributed by atoms with Crippen molar-refractivity contribution in [2.45, 2.75) is 32.1 Å². The summed E-state index contributed by atoms with van der Waals surface area (Å²) in [5.74, 6) is 1.57. The fourth-order valence-electron chi connectivity index (χ4n) is 2.50. The molecule has 2 aromatic heterocycles. The third-order valence-electron chi connectivity index (χ3n) is 3.55. The molecule has 1 aliphatic rings. The second-order valence-corrected chi connectivity index (χ2v) is 5.75. The van der Waals surface area contributed by atoms with Crippen molar-refractivity contribution in [3.8, 4) is 5.75 Å². The predicted octanol–water partition coefficient (Wildman–Crippen LogP) is 3.45. The van der Waals surface area contributed by atoms with E-state index >= 15 is 0 Å². The second-order valence-electron chi connectivity index (χ2n) is 4.90. The molecule has 96 valence electrons. The standard InChI is InChI=1S/C13H16BrN3O/c14-11-7-17-9-15-16-13(17)6-12(11)18-8-10-4-2-1-3-5-10/h6-7,9-10H,1-5,8H2. The predicted molar refractivity (Wildman–Crippen MR) is 72.8 cm³/mol. The first-order valence-electron chi connectivity index (χ1n) is 6.44. The molecule has 0 amide bonds. The van der Waals surface area contributed by atoms with Gasteiger partial charge in [0.05, 0.1) is 11.1 Å². The molecule has 18 heavy (non-hydrogen) atoms. The minimum absolute atomic E-state index is 0.708. The summed E-state index contributed by atoms with van der Waals surface area (Å²) in [6.45, 7) is 0.808. The largest absolute Gasteiger partial charge is 0.492 e. The highest BCUT2D eigenvalue weighted by atomic mass is 79.9. The van der Waals surface area contributed by atoms with Crippen LogP contribution in [0.15, 0.2) is 23.1 Å². The molecule has 0 radical (unpaired) electrons. The van der Waals surface area contributed by atoms with Crippen molar-refractivity contribution < 1.29 is 4.74 Å². The Balaban J connectivity index is 1.71. The average molecular weight is 310 g/mol. The van der Waals surface area contributed by atoms with Crippen LogP contribution in [0.4, 0.5) is 0 Å². The highest BCUT2D eigenvalue weighted by molar-refractivity contribution is 9.10. The molecule has 1 fully saturated rings. The van der Waals surface area contributed by atoms with E-state index in [2.05, 4.69) is 26.1 Å². The monoisotopic (exact) mass is 309 g/mol. The van der Waals surface area contributed by atoms with Gasteiger partial charge >= 0.3 is 0 Å². The molecular weight excluding hydrogens is 294 g/mol. The number of fused-ring (bicyclic) bond motifs is 1. The van der Waals surface area contributed by atoms with Gasteiger partial charge in [-0.1, -0.05) is 19.3 Å². The Kier molecular flexibility index (Phi) is 3.50. The quantitative estimate of drug-likeness (QED) is 0.871.